The highest BCUT2D eigenvalue weighted by Crippen LogP contribution is 2.25. The molecule has 4 N–H and O–H groups in total. The normalized spacial score (nSPS) is 17.5. The number of hydrogen-bond acceptors (Lipinski definition) is 5. The van der Waals surface area contributed by atoms with Gasteiger partial charge in [0.05, 0.1) is 5.69 Å². The number of aliphatic hydroxyl groups excluding tert-OH is 1. The van der Waals surface area contributed by atoms with Crippen LogP contribution >= 0.6 is 0 Å². The molecule has 3 aromatic rings. The van der Waals surface area contributed by atoms with E-state index in [9.17, 15) is 9.90 Å². The van der Waals surface area contributed by atoms with Crippen molar-refractivity contribution in [2.45, 2.75) is 64.4 Å². The Kier molecular flexibility index (Phi) is 5.89. The zero-order valence-electron chi connectivity index (χ0n) is 17.9. The molecule has 1 aliphatic carbocycles. The van der Waals surface area contributed by atoms with E-state index in [0.29, 0.717) is 12.2 Å². The number of aliphatic hydroxyl groups is 1. The lowest BCUT2D eigenvalue weighted by Gasteiger charge is -2.25. The summed E-state index contributed by atoms with van der Waals surface area (Å²) >= 11 is 0. The number of rotatable bonds is 8. The van der Waals surface area contributed by atoms with Gasteiger partial charge in [-0.1, -0.05) is 18.6 Å². The molecule has 0 saturated heterocycles. The van der Waals surface area contributed by atoms with Crippen LogP contribution in [0.15, 0.2) is 35.1 Å². The number of nitrogens with one attached hydrogen (secondary N) is 3. The molecule has 0 radical (unpaired) electrons. The van der Waals surface area contributed by atoms with Gasteiger partial charge in [0.25, 0.3) is 5.56 Å². The summed E-state index contributed by atoms with van der Waals surface area (Å²) in [6.45, 7) is 3.17. The summed E-state index contributed by atoms with van der Waals surface area (Å²) in [5, 5.41) is 18.4. The second kappa shape index (κ2) is 8.94. The molecule has 1 saturated carbocycles. The van der Waals surface area contributed by atoms with Crippen molar-refractivity contribution in [1.29, 1.82) is 0 Å². The Balaban J connectivity index is 1.21. The van der Waals surface area contributed by atoms with Crippen molar-refractivity contribution in [1.82, 2.24) is 25.2 Å². The average Bonchev–Trinajstić information content (AvgIpc) is 3.15. The van der Waals surface area contributed by atoms with Gasteiger partial charge in [0.2, 0.25) is 0 Å². The largest absolute Gasteiger partial charge is 0.373 e. The first-order chi connectivity index (χ1) is 15.2. The molecule has 1 aromatic carbocycles. The molecule has 164 valence electrons. The van der Waals surface area contributed by atoms with Crippen molar-refractivity contribution in [3.05, 3.63) is 63.5 Å². The van der Waals surface area contributed by atoms with E-state index in [1.807, 2.05) is 0 Å². The highest BCUT2D eigenvalue weighted by atomic mass is 16.3. The van der Waals surface area contributed by atoms with E-state index in [4.69, 9.17) is 0 Å². The Hall–Kier alpha value is -2.48. The van der Waals surface area contributed by atoms with Gasteiger partial charge < -0.3 is 15.4 Å². The zero-order chi connectivity index (χ0) is 21.2. The fourth-order valence-corrected chi connectivity index (χ4v) is 4.56. The molecule has 7 nitrogen and oxygen atoms in total. The zero-order valence-corrected chi connectivity index (χ0v) is 17.9. The molecule has 5 rings (SSSR count). The molecule has 2 aromatic heterocycles. The van der Waals surface area contributed by atoms with Gasteiger partial charge in [-0.3, -0.25) is 14.7 Å². The van der Waals surface area contributed by atoms with E-state index in [1.165, 1.54) is 36.4 Å². The second-order valence-corrected chi connectivity index (χ2v) is 8.97. The van der Waals surface area contributed by atoms with Crippen LogP contribution in [0.25, 0.3) is 10.9 Å². The number of aryl methyl sites for hydroxylation is 1. The molecular weight excluding hydrogens is 390 g/mol. The molecule has 0 amide bonds. The van der Waals surface area contributed by atoms with E-state index in [2.05, 4.69) is 44.9 Å². The van der Waals surface area contributed by atoms with Crippen LogP contribution in [0.5, 0.6) is 0 Å². The number of nitrogens with zero attached hydrogens (tertiary/aromatic N) is 2. The Labute approximate surface area is 181 Å². The van der Waals surface area contributed by atoms with E-state index < -0.39 is 6.23 Å². The number of hydrogen-bond donors (Lipinski definition) is 4. The van der Waals surface area contributed by atoms with Gasteiger partial charge in [-0.05, 0) is 61.2 Å². The Morgan fingerprint density at radius 3 is 2.90 bits per heavy atom. The highest BCUT2D eigenvalue weighted by molar-refractivity contribution is 5.81. The van der Waals surface area contributed by atoms with Crippen molar-refractivity contribution < 1.29 is 5.11 Å². The lowest BCUT2D eigenvalue weighted by molar-refractivity contribution is 0.131. The molecule has 1 atom stereocenters. The molecule has 31 heavy (non-hydrogen) atoms. The maximum absolute atomic E-state index is 12.3. The van der Waals surface area contributed by atoms with Gasteiger partial charge >= 0.3 is 0 Å². The average molecular weight is 422 g/mol. The fraction of sp³-hybridized carbons (Fsp3) is 0.500. The van der Waals surface area contributed by atoms with Crippen LogP contribution in [0.2, 0.25) is 0 Å². The predicted octanol–water partition coefficient (Wildman–Crippen LogP) is 2.73. The summed E-state index contributed by atoms with van der Waals surface area (Å²) in [7, 11) is 0. The molecule has 1 aliphatic heterocycles. The summed E-state index contributed by atoms with van der Waals surface area (Å²) in [5.74, 6) is 1.63. The minimum absolute atomic E-state index is 0.0770. The van der Waals surface area contributed by atoms with E-state index in [-0.39, 0.29) is 5.56 Å². The Morgan fingerprint density at radius 2 is 2.06 bits per heavy atom. The van der Waals surface area contributed by atoms with Crippen LogP contribution in [-0.2, 0) is 26.1 Å². The maximum atomic E-state index is 12.3. The first-order valence-electron chi connectivity index (χ1n) is 11.5. The SMILES string of the molecule is O=c1cc(C(O)NCc2ccc3cc(CNCC4CCC4)[nH]c3c2)nc2n1CCCC2. The minimum Gasteiger partial charge on any atom is -0.373 e. The van der Waals surface area contributed by atoms with Crippen molar-refractivity contribution >= 4 is 10.9 Å². The van der Waals surface area contributed by atoms with Gasteiger partial charge in [-0.25, -0.2) is 4.98 Å². The number of fused-ring (bicyclic) bond motifs is 2. The number of H-pyrrole nitrogens is 1. The molecule has 1 fully saturated rings. The third-order valence-corrected chi connectivity index (χ3v) is 6.63. The summed E-state index contributed by atoms with van der Waals surface area (Å²) < 4.78 is 1.72. The van der Waals surface area contributed by atoms with Crippen molar-refractivity contribution in [2.75, 3.05) is 6.54 Å². The smallest absolute Gasteiger partial charge is 0.253 e. The van der Waals surface area contributed by atoms with E-state index >= 15 is 0 Å². The molecule has 7 heteroatoms. The lowest BCUT2D eigenvalue weighted by atomic mass is 9.85. The van der Waals surface area contributed by atoms with E-state index in [1.54, 1.807) is 4.57 Å². The van der Waals surface area contributed by atoms with Crippen LogP contribution in [0.3, 0.4) is 0 Å². The summed E-state index contributed by atoms with van der Waals surface area (Å²) in [5.41, 5.74) is 3.68. The van der Waals surface area contributed by atoms with Gasteiger partial charge in [0, 0.05) is 43.3 Å². The topological polar surface area (TPSA) is 95.0 Å². The number of benzene rings is 1. The first-order valence-corrected chi connectivity index (χ1v) is 11.5. The molecule has 0 bridgehead atoms. The van der Waals surface area contributed by atoms with Crippen LogP contribution < -0.4 is 16.2 Å². The van der Waals surface area contributed by atoms with Crippen LogP contribution in [0.4, 0.5) is 0 Å². The summed E-state index contributed by atoms with van der Waals surface area (Å²) in [6.07, 6.45) is 5.96. The summed E-state index contributed by atoms with van der Waals surface area (Å²) in [6, 6.07) is 9.92. The van der Waals surface area contributed by atoms with Crippen LogP contribution in [0.1, 0.15) is 61.1 Å². The maximum Gasteiger partial charge on any atom is 0.253 e. The molecule has 0 spiro atoms. The van der Waals surface area contributed by atoms with Gasteiger partial charge in [0.15, 0.2) is 0 Å². The molecular formula is C24H31N5O2. The van der Waals surface area contributed by atoms with Gasteiger partial charge in [0.1, 0.15) is 12.1 Å². The first kappa shape index (κ1) is 20.4. The van der Waals surface area contributed by atoms with Crippen molar-refractivity contribution in [3.8, 4) is 0 Å². The van der Waals surface area contributed by atoms with Crippen molar-refractivity contribution in [3.63, 3.8) is 0 Å². The lowest BCUT2D eigenvalue weighted by Crippen LogP contribution is -2.31. The third-order valence-electron chi connectivity index (χ3n) is 6.63. The Bertz CT molecular complexity index is 1110. The predicted molar refractivity (Wildman–Crippen MR) is 121 cm³/mol. The van der Waals surface area contributed by atoms with Crippen LogP contribution in [0, 0.1) is 5.92 Å². The summed E-state index contributed by atoms with van der Waals surface area (Å²) in [4.78, 5) is 20.3. The van der Waals surface area contributed by atoms with Gasteiger partial charge in [-0.15, -0.1) is 0 Å². The highest BCUT2D eigenvalue weighted by Gasteiger charge is 2.18. The molecule has 2 aliphatic rings. The van der Waals surface area contributed by atoms with E-state index in [0.717, 1.165) is 61.7 Å². The minimum atomic E-state index is -0.967. The van der Waals surface area contributed by atoms with Crippen molar-refractivity contribution in [2.24, 2.45) is 5.92 Å². The molecule has 1 unspecified atom stereocenters. The second-order valence-electron chi connectivity index (χ2n) is 8.97. The fourth-order valence-electron chi connectivity index (χ4n) is 4.56. The number of aromatic nitrogens is 3. The Morgan fingerprint density at radius 1 is 1.16 bits per heavy atom. The standard InChI is InChI=1S/C24H31N5O2/c30-23-12-21(28-22-6-1-2-9-29(22)23)24(31)26-14-17-7-8-18-11-19(27-20(18)10-17)15-25-13-16-4-3-5-16/h7-8,10-12,16,24-27,31H,1-6,9,13-15H2. The van der Waals surface area contributed by atoms with Crippen LogP contribution in [-0.4, -0.2) is 26.2 Å². The quantitative estimate of drug-likeness (QED) is 0.420. The number of aromatic amines is 1. The molecule has 3 heterocycles. The third kappa shape index (κ3) is 4.59. The monoisotopic (exact) mass is 421 g/mol. The van der Waals surface area contributed by atoms with Gasteiger partial charge in [-0.2, -0.15) is 0 Å².